The summed E-state index contributed by atoms with van der Waals surface area (Å²) < 4.78 is 12.6. The highest BCUT2D eigenvalue weighted by molar-refractivity contribution is 5.95. The number of aromatic nitrogens is 2. The molecule has 0 unspecified atom stereocenters. The molecule has 0 atom stereocenters. The largest absolute Gasteiger partial charge is 0.493 e. The zero-order valence-electron chi connectivity index (χ0n) is 21.7. The molecule has 0 radical (unpaired) electrons. The number of benzene rings is 2. The molecule has 1 heterocycles. The number of carbonyl (C=O) groups is 2. The van der Waals surface area contributed by atoms with E-state index in [2.05, 4.69) is 5.32 Å². The molecule has 0 saturated carbocycles. The van der Waals surface area contributed by atoms with Gasteiger partial charge in [-0.3, -0.25) is 9.59 Å². The molecule has 8 heteroatoms. The molecule has 2 aromatic carbocycles. The lowest BCUT2D eigenvalue weighted by Gasteiger charge is -2.24. The van der Waals surface area contributed by atoms with Gasteiger partial charge in [-0.15, -0.1) is 0 Å². The Morgan fingerprint density at radius 1 is 1.06 bits per heavy atom. The Labute approximate surface area is 212 Å². The van der Waals surface area contributed by atoms with Gasteiger partial charge in [0, 0.05) is 35.5 Å². The summed E-state index contributed by atoms with van der Waals surface area (Å²) in [6.07, 6.45) is 5.07. The van der Waals surface area contributed by atoms with Crippen LogP contribution in [0, 0.1) is 0 Å². The van der Waals surface area contributed by atoms with Gasteiger partial charge >= 0.3 is 0 Å². The number of rotatable bonds is 9. The molecule has 1 N–H and O–H groups in total. The Kier molecular flexibility index (Phi) is 8.53. The van der Waals surface area contributed by atoms with Gasteiger partial charge in [0.25, 0.3) is 0 Å². The molecule has 2 amide bonds. The smallest absolute Gasteiger partial charge is 0.247 e. The van der Waals surface area contributed by atoms with Crippen LogP contribution in [0.2, 0.25) is 0 Å². The molecule has 0 aliphatic carbocycles. The highest BCUT2D eigenvalue weighted by Crippen LogP contribution is 2.33. The normalized spacial score (nSPS) is 11.4. The Morgan fingerprint density at radius 3 is 2.36 bits per heavy atom. The fraction of sp³-hybridized carbons (Fsp3) is 0.321. The van der Waals surface area contributed by atoms with Crippen LogP contribution in [0.3, 0.4) is 0 Å². The lowest BCUT2D eigenvalue weighted by molar-refractivity contribution is -0.132. The van der Waals surface area contributed by atoms with Crippen LogP contribution < -0.4 is 14.8 Å². The number of likely N-dealkylation sites (N-methyl/N-ethyl adjacent to an activating group) is 1. The maximum absolute atomic E-state index is 13.0. The number of nitrogens with zero attached hydrogens (tertiary/aromatic N) is 3. The van der Waals surface area contributed by atoms with E-state index >= 15 is 0 Å². The maximum atomic E-state index is 13.0. The van der Waals surface area contributed by atoms with E-state index in [0.717, 1.165) is 16.8 Å². The Bertz CT molecular complexity index is 1230. The minimum absolute atomic E-state index is 0.0112. The van der Waals surface area contributed by atoms with Crippen molar-refractivity contribution in [3.8, 4) is 28.4 Å². The van der Waals surface area contributed by atoms with E-state index in [1.54, 1.807) is 25.0 Å². The van der Waals surface area contributed by atoms with Crippen LogP contribution in [0.1, 0.15) is 33.3 Å². The van der Waals surface area contributed by atoms with E-state index in [1.807, 2.05) is 82.4 Å². The molecule has 190 valence electrons. The molecule has 3 aromatic rings. The van der Waals surface area contributed by atoms with Crippen molar-refractivity contribution in [3.05, 3.63) is 66.4 Å². The van der Waals surface area contributed by atoms with Gasteiger partial charge in [-0.05, 0) is 64.1 Å². The average molecular weight is 491 g/mol. The van der Waals surface area contributed by atoms with E-state index in [1.165, 1.54) is 11.0 Å². The Balaban J connectivity index is 1.94. The van der Waals surface area contributed by atoms with Gasteiger partial charge in [0.2, 0.25) is 11.8 Å². The first-order valence-electron chi connectivity index (χ1n) is 11.8. The number of ether oxygens (including phenoxy) is 2. The first kappa shape index (κ1) is 26.5. The second kappa shape index (κ2) is 11.6. The van der Waals surface area contributed by atoms with Crippen molar-refractivity contribution >= 4 is 17.9 Å². The topological polar surface area (TPSA) is 85.7 Å². The third kappa shape index (κ3) is 6.75. The number of hydrogen-bond donors (Lipinski definition) is 1. The van der Waals surface area contributed by atoms with Crippen molar-refractivity contribution in [1.29, 1.82) is 0 Å². The molecule has 0 aliphatic rings. The zero-order chi connectivity index (χ0) is 26.3. The van der Waals surface area contributed by atoms with E-state index in [9.17, 15) is 9.59 Å². The summed E-state index contributed by atoms with van der Waals surface area (Å²) in [6.45, 7) is 7.96. The van der Waals surface area contributed by atoms with Crippen LogP contribution in [0.4, 0.5) is 0 Å². The Morgan fingerprint density at radius 2 is 1.75 bits per heavy atom. The van der Waals surface area contributed by atoms with Gasteiger partial charge in [0.05, 0.1) is 26.5 Å². The molecule has 3 rings (SSSR count). The quantitative estimate of drug-likeness (QED) is 0.451. The number of methoxy groups -OCH3 is 2. The molecular formula is C28H34N4O4. The van der Waals surface area contributed by atoms with Crippen LogP contribution in [0.15, 0.2) is 60.8 Å². The summed E-state index contributed by atoms with van der Waals surface area (Å²) in [7, 11) is 3.17. The monoisotopic (exact) mass is 490 g/mol. The van der Waals surface area contributed by atoms with E-state index in [0.29, 0.717) is 23.7 Å². The summed E-state index contributed by atoms with van der Waals surface area (Å²) >= 11 is 0. The van der Waals surface area contributed by atoms with E-state index in [4.69, 9.17) is 14.6 Å². The van der Waals surface area contributed by atoms with Crippen LogP contribution in [-0.4, -0.2) is 59.3 Å². The van der Waals surface area contributed by atoms with Crippen molar-refractivity contribution in [3.63, 3.8) is 0 Å². The second-order valence-electron chi connectivity index (χ2n) is 9.27. The summed E-state index contributed by atoms with van der Waals surface area (Å²) in [5.74, 6) is 0.738. The van der Waals surface area contributed by atoms with Crippen molar-refractivity contribution in [1.82, 2.24) is 20.0 Å². The molecule has 0 spiro atoms. The molecule has 0 saturated heterocycles. The number of amides is 2. The molecule has 0 bridgehead atoms. The molecule has 0 fully saturated rings. The van der Waals surface area contributed by atoms with Crippen molar-refractivity contribution < 1.29 is 19.1 Å². The van der Waals surface area contributed by atoms with E-state index < -0.39 is 0 Å². The summed E-state index contributed by atoms with van der Waals surface area (Å²) in [4.78, 5) is 26.8. The fourth-order valence-corrected chi connectivity index (χ4v) is 3.67. The predicted octanol–water partition coefficient (Wildman–Crippen LogP) is 4.33. The van der Waals surface area contributed by atoms with Gasteiger partial charge in [-0.25, -0.2) is 4.68 Å². The molecule has 8 nitrogen and oxygen atoms in total. The molecular weight excluding hydrogens is 456 g/mol. The third-order valence-electron chi connectivity index (χ3n) is 5.37. The molecule has 1 aromatic heterocycles. The predicted molar refractivity (Wildman–Crippen MR) is 141 cm³/mol. The van der Waals surface area contributed by atoms with Crippen LogP contribution >= 0.6 is 0 Å². The summed E-state index contributed by atoms with van der Waals surface area (Å²) in [5, 5.41) is 7.69. The number of carbonyl (C=O) groups excluding carboxylic acids is 2. The summed E-state index contributed by atoms with van der Waals surface area (Å²) in [5.41, 5.74) is 2.76. The standard InChI is InChI=1S/C28H34N4O4/c1-7-31(19-25(33)29-28(2,3)4)26(34)16-14-21-18-32(22-11-9-8-10-12-22)30-27(21)20-13-15-23(35-5)24(17-20)36-6/h8-18H,7,19H2,1-6H3,(H,29,33)/b16-14+. The number of para-hydroxylation sites is 1. The van der Waals surface area contributed by atoms with Crippen LogP contribution in [0.5, 0.6) is 11.5 Å². The lowest BCUT2D eigenvalue weighted by atomic mass is 10.1. The van der Waals surface area contributed by atoms with Crippen LogP contribution in [-0.2, 0) is 9.59 Å². The highest BCUT2D eigenvalue weighted by Gasteiger charge is 2.19. The van der Waals surface area contributed by atoms with Gasteiger partial charge in [-0.1, -0.05) is 18.2 Å². The SMILES string of the molecule is CCN(CC(=O)NC(C)(C)C)C(=O)/C=C/c1cn(-c2ccccc2)nc1-c1ccc(OC)c(OC)c1. The van der Waals surface area contributed by atoms with Gasteiger partial charge < -0.3 is 19.7 Å². The van der Waals surface area contributed by atoms with Crippen molar-refractivity contribution in [2.75, 3.05) is 27.3 Å². The highest BCUT2D eigenvalue weighted by atomic mass is 16.5. The maximum Gasteiger partial charge on any atom is 0.247 e. The molecule has 0 aliphatic heterocycles. The van der Waals surface area contributed by atoms with Gasteiger partial charge in [0.1, 0.15) is 5.69 Å². The minimum atomic E-state index is -0.365. The van der Waals surface area contributed by atoms with Gasteiger partial charge in [-0.2, -0.15) is 5.10 Å². The fourth-order valence-electron chi connectivity index (χ4n) is 3.67. The van der Waals surface area contributed by atoms with E-state index in [-0.39, 0.29) is 23.9 Å². The zero-order valence-corrected chi connectivity index (χ0v) is 21.7. The lowest BCUT2D eigenvalue weighted by Crippen LogP contribution is -2.47. The minimum Gasteiger partial charge on any atom is -0.493 e. The average Bonchev–Trinajstić information content (AvgIpc) is 3.29. The Hall–Kier alpha value is -4.07. The van der Waals surface area contributed by atoms with Crippen LogP contribution in [0.25, 0.3) is 23.0 Å². The first-order chi connectivity index (χ1) is 17.1. The molecule has 36 heavy (non-hydrogen) atoms. The summed E-state index contributed by atoms with van der Waals surface area (Å²) in [6, 6.07) is 15.3. The first-order valence-corrected chi connectivity index (χ1v) is 11.8. The van der Waals surface area contributed by atoms with Gasteiger partial charge in [0.15, 0.2) is 11.5 Å². The second-order valence-corrected chi connectivity index (χ2v) is 9.27. The van der Waals surface area contributed by atoms with Crippen molar-refractivity contribution in [2.24, 2.45) is 0 Å². The number of nitrogens with one attached hydrogen (secondary N) is 1. The third-order valence-corrected chi connectivity index (χ3v) is 5.37. The van der Waals surface area contributed by atoms with Crippen molar-refractivity contribution in [2.45, 2.75) is 33.2 Å². The number of hydrogen-bond acceptors (Lipinski definition) is 5.